The van der Waals surface area contributed by atoms with Gasteiger partial charge >= 0.3 is 6.03 Å². The normalized spacial score (nSPS) is 20.0. The number of nitrogens with zero attached hydrogens (tertiary/aromatic N) is 3. The van der Waals surface area contributed by atoms with E-state index < -0.39 is 12.1 Å². The molecule has 1 aromatic heterocycles. The summed E-state index contributed by atoms with van der Waals surface area (Å²) in [7, 11) is 3.64. The summed E-state index contributed by atoms with van der Waals surface area (Å²) in [6, 6.07) is 15.2. The standard InChI is InChI=1S/C36H49N5O6/c1-25-21-41(26(2)24-42)35(43)32-20-30(39-36(44)38-29-9-12-31(45-5)13-10-29)11-14-33(32)47-27(3)8-6-7-19-46-34(25)23-40(4)22-28-15-17-37-18-16-28/h9-18,20,25-27,34,42H,6-8,19,21-24H2,1-5H3,(H2,38,39,44)/t25-,26-,27+,34-/m0/s1. The molecule has 47 heavy (non-hydrogen) atoms. The quantitative estimate of drug-likeness (QED) is 0.272. The van der Waals surface area contributed by atoms with E-state index in [1.54, 1.807) is 66.9 Å². The first-order valence-corrected chi connectivity index (χ1v) is 16.3. The number of hydrogen-bond donors (Lipinski definition) is 3. The van der Waals surface area contributed by atoms with E-state index >= 15 is 0 Å². The van der Waals surface area contributed by atoms with Crippen LogP contribution in [0.4, 0.5) is 16.2 Å². The minimum absolute atomic E-state index is 0.0457. The van der Waals surface area contributed by atoms with Crippen molar-refractivity contribution in [1.82, 2.24) is 14.8 Å². The van der Waals surface area contributed by atoms with Gasteiger partial charge in [0.25, 0.3) is 5.91 Å². The van der Waals surface area contributed by atoms with Gasteiger partial charge in [-0.2, -0.15) is 0 Å². The molecule has 0 bridgehead atoms. The van der Waals surface area contributed by atoms with Gasteiger partial charge in [0.05, 0.1) is 37.5 Å². The highest BCUT2D eigenvalue weighted by molar-refractivity contribution is 6.02. The van der Waals surface area contributed by atoms with Crippen LogP contribution in [-0.2, 0) is 11.3 Å². The van der Waals surface area contributed by atoms with Crippen LogP contribution in [0.5, 0.6) is 11.5 Å². The van der Waals surface area contributed by atoms with Crippen LogP contribution in [0, 0.1) is 5.92 Å². The zero-order valence-corrected chi connectivity index (χ0v) is 28.1. The molecule has 4 rings (SSSR count). The molecule has 1 aliphatic rings. The summed E-state index contributed by atoms with van der Waals surface area (Å²) < 4.78 is 18.0. The maximum Gasteiger partial charge on any atom is 0.323 e. The average molecular weight is 648 g/mol. The summed E-state index contributed by atoms with van der Waals surface area (Å²) in [5.74, 6) is 0.783. The Bertz CT molecular complexity index is 1420. The predicted octanol–water partition coefficient (Wildman–Crippen LogP) is 5.66. The summed E-state index contributed by atoms with van der Waals surface area (Å²) in [4.78, 5) is 35.3. The maximum absolute atomic E-state index is 14.4. The Morgan fingerprint density at radius 1 is 1.09 bits per heavy atom. The monoisotopic (exact) mass is 647 g/mol. The van der Waals surface area contributed by atoms with Crippen molar-refractivity contribution in [2.45, 2.75) is 64.8 Å². The number of aliphatic hydroxyl groups excluding tert-OH is 1. The zero-order chi connectivity index (χ0) is 33.8. The second-order valence-corrected chi connectivity index (χ2v) is 12.4. The molecule has 3 amide bonds. The van der Waals surface area contributed by atoms with Crippen LogP contribution in [0.15, 0.2) is 67.0 Å². The largest absolute Gasteiger partial charge is 0.497 e. The number of carbonyl (C=O) groups is 2. The maximum atomic E-state index is 14.4. The topological polar surface area (TPSA) is 125 Å². The molecule has 1 aliphatic heterocycles. The van der Waals surface area contributed by atoms with E-state index in [0.29, 0.717) is 48.1 Å². The molecule has 11 nitrogen and oxygen atoms in total. The van der Waals surface area contributed by atoms with Crippen molar-refractivity contribution in [3.8, 4) is 11.5 Å². The van der Waals surface area contributed by atoms with Crippen molar-refractivity contribution < 1.29 is 28.9 Å². The molecular formula is C36H49N5O6. The SMILES string of the molecule is COc1ccc(NC(=O)Nc2ccc3c(c2)C(=O)N([C@@H](C)CO)C[C@H](C)[C@H](CN(C)Cc2ccncc2)OCCCC[C@@H](C)O3)cc1. The number of methoxy groups -OCH3 is 1. The number of rotatable bonds is 9. The van der Waals surface area contributed by atoms with E-state index in [1.807, 2.05) is 26.0 Å². The van der Waals surface area contributed by atoms with Gasteiger partial charge in [0.2, 0.25) is 0 Å². The minimum atomic E-state index is -0.465. The molecule has 0 saturated heterocycles. The van der Waals surface area contributed by atoms with Crippen LogP contribution in [-0.4, -0.2) is 90.5 Å². The number of carbonyl (C=O) groups excluding carboxylic acids is 2. The Hall–Kier alpha value is -4.19. The van der Waals surface area contributed by atoms with E-state index in [4.69, 9.17) is 14.2 Å². The van der Waals surface area contributed by atoms with Gasteiger partial charge < -0.3 is 34.9 Å². The first kappa shape index (κ1) is 35.7. The number of aromatic nitrogens is 1. The van der Waals surface area contributed by atoms with E-state index in [0.717, 1.165) is 31.4 Å². The number of amides is 3. The lowest BCUT2D eigenvalue weighted by Gasteiger charge is -2.36. The van der Waals surface area contributed by atoms with E-state index in [2.05, 4.69) is 34.5 Å². The van der Waals surface area contributed by atoms with E-state index in [-0.39, 0.29) is 30.6 Å². The number of aliphatic hydroxyl groups is 1. The van der Waals surface area contributed by atoms with Crippen LogP contribution < -0.4 is 20.1 Å². The number of ether oxygens (including phenoxy) is 3. The van der Waals surface area contributed by atoms with Crippen LogP contribution in [0.3, 0.4) is 0 Å². The molecule has 2 heterocycles. The van der Waals surface area contributed by atoms with E-state index in [9.17, 15) is 14.7 Å². The number of urea groups is 1. The van der Waals surface area contributed by atoms with Gasteiger partial charge in [0.15, 0.2) is 0 Å². The summed E-state index contributed by atoms with van der Waals surface area (Å²) in [6.45, 7) is 8.08. The Labute approximate surface area is 278 Å². The first-order chi connectivity index (χ1) is 22.7. The number of anilines is 2. The lowest BCUT2D eigenvalue weighted by molar-refractivity contribution is -0.0177. The molecule has 0 fully saturated rings. The summed E-state index contributed by atoms with van der Waals surface area (Å²) in [5, 5.41) is 15.9. The highest BCUT2D eigenvalue weighted by atomic mass is 16.5. The van der Waals surface area contributed by atoms with Crippen LogP contribution in [0.2, 0.25) is 0 Å². The third kappa shape index (κ3) is 10.7. The lowest BCUT2D eigenvalue weighted by Crippen LogP contribution is -2.47. The predicted molar refractivity (Wildman–Crippen MR) is 183 cm³/mol. The number of pyridine rings is 1. The molecule has 3 N–H and O–H groups in total. The van der Waals surface area contributed by atoms with Crippen molar-refractivity contribution in [1.29, 1.82) is 0 Å². The molecule has 0 radical (unpaired) electrons. The van der Waals surface area contributed by atoms with Crippen molar-refractivity contribution in [2.24, 2.45) is 5.92 Å². The van der Waals surface area contributed by atoms with Gasteiger partial charge in [0, 0.05) is 55.9 Å². The van der Waals surface area contributed by atoms with Crippen LogP contribution >= 0.6 is 0 Å². The zero-order valence-electron chi connectivity index (χ0n) is 28.1. The van der Waals surface area contributed by atoms with Gasteiger partial charge in [-0.3, -0.25) is 14.7 Å². The molecule has 11 heteroatoms. The fourth-order valence-corrected chi connectivity index (χ4v) is 5.60. The molecule has 0 aliphatic carbocycles. The van der Waals surface area contributed by atoms with Crippen LogP contribution in [0.25, 0.3) is 0 Å². The minimum Gasteiger partial charge on any atom is -0.497 e. The summed E-state index contributed by atoms with van der Waals surface area (Å²) in [6.07, 6.45) is 5.89. The Morgan fingerprint density at radius 2 is 1.79 bits per heavy atom. The molecule has 0 unspecified atom stereocenters. The molecule has 0 spiro atoms. The Morgan fingerprint density at radius 3 is 2.49 bits per heavy atom. The second kappa shape index (κ2) is 17.7. The average Bonchev–Trinajstić information content (AvgIpc) is 3.06. The van der Waals surface area contributed by atoms with Crippen LogP contribution in [0.1, 0.15) is 56.0 Å². The highest BCUT2D eigenvalue weighted by Gasteiger charge is 2.30. The van der Waals surface area contributed by atoms with Crippen molar-refractivity contribution in [2.75, 3.05) is 51.1 Å². The van der Waals surface area contributed by atoms with Crippen molar-refractivity contribution in [3.63, 3.8) is 0 Å². The Kier molecular flexibility index (Phi) is 13.4. The smallest absolute Gasteiger partial charge is 0.323 e. The summed E-state index contributed by atoms with van der Waals surface area (Å²) in [5.41, 5.74) is 2.50. The third-order valence-electron chi connectivity index (χ3n) is 8.35. The van der Waals surface area contributed by atoms with Gasteiger partial charge in [-0.05, 0) is 100 Å². The van der Waals surface area contributed by atoms with Crippen molar-refractivity contribution >= 4 is 23.3 Å². The number of benzene rings is 2. The molecule has 254 valence electrons. The highest BCUT2D eigenvalue weighted by Crippen LogP contribution is 2.29. The fraction of sp³-hybridized carbons (Fsp3) is 0.472. The number of nitrogens with one attached hydrogen (secondary N) is 2. The van der Waals surface area contributed by atoms with Gasteiger partial charge in [0.1, 0.15) is 11.5 Å². The number of fused-ring (bicyclic) bond motifs is 1. The van der Waals surface area contributed by atoms with Gasteiger partial charge in [-0.15, -0.1) is 0 Å². The fourth-order valence-electron chi connectivity index (χ4n) is 5.60. The third-order valence-corrected chi connectivity index (χ3v) is 8.35. The molecule has 4 atom stereocenters. The molecule has 3 aromatic rings. The van der Waals surface area contributed by atoms with Gasteiger partial charge in [-0.1, -0.05) is 6.92 Å². The van der Waals surface area contributed by atoms with Gasteiger partial charge in [-0.25, -0.2) is 4.79 Å². The number of hydrogen-bond acceptors (Lipinski definition) is 8. The second-order valence-electron chi connectivity index (χ2n) is 12.4. The Balaban J connectivity index is 1.57. The summed E-state index contributed by atoms with van der Waals surface area (Å²) >= 11 is 0. The van der Waals surface area contributed by atoms with Crippen molar-refractivity contribution in [3.05, 3.63) is 78.1 Å². The van der Waals surface area contributed by atoms with E-state index in [1.165, 1.54) is 0 Å². The number of likely N-dealkylation sites (N-methyl/N-ethyl adjacent to an activating group) is 1. The molecule has 2 aromatic carbocycles. The molecule has 0 saturated carbocycles. The molecular weight excluding hydrogens is 598 g/mol. The lowest BCUT2D eigenvalue weighted by atomic mass is 10.0. The first-order valence-electron chi connectivity index (χ1n) is 16.3.